The summed E-state index contributed by atoms with van der Waals surface area (Å²) in [4.78, 5) is 35.3. The Morgan fingerprint density at radius 2 is 2.29 bits per heavy atom. The van der Waals surface area contributed by atoms with Gasteiger partial charge in [-0.15, -0.1) is 0 Å². The maximum absolute atomic E-state index is 11.5. The molecule has 1 heterocycles. The summed E-state index contributed by atoms with van der Waals surface area (Å²) >= 11 is 0. The van der Waals surface area contributed by atoms with Crippen molar-refractivity contribution in [1.29, 1.82) is 0 Å². The van der Waals surface area contributed by atoms with Gasteiger partial charge in [0.1, 0.15) is 0 Å². The Balaban J connectivity index is 2.42. The molecule has 2 N–H and O–H groups in total. The number of nitrogens with zero attached hydrogens (tertiary/aromatic N) is 1. The van der Waals surface area contributed by atoms with Gasteiger partial charge in [0, 0.05) is 13.0 Å². The van der Waals surface area contributed by atoms with Gasteiger partial charge in [-0.1, -0.05) is 0 Å². The molecule has 0 saturated carbocycles. The van der Waals surface area contributed by atoms with Gasteiger partial charge < -0.3 is 20.1 Å². The third-order valence-electron chi connectivity index (χ3n) is 2.51. The van der Waals surface area contributed by atoms with E-state index in [2.05, 4.69) is 10.1 Å². The maximum Gasteiger partial charge on any atom is 0.330 e. The van der Waals surface area contributed by atoms with Gasteiger partial charge in [-0.05, 0) is 6.42 Å². The highest BCUT2D eigenvalue weighted by Crippen LogP contribution is 2.08. The molecule has 7 heteroatoms. The highest BCUT2D eigenvalue weighted by atomic mass is 16.5. The minimum atomic E-state index is -1.08. The lowest BCUT2D eigenvalue weighted by Crippen LogP contribution is -2.48. The summed E-state index contributed by atoms with van der Waals surface area (Å²) < 4.78 is 4.40. The second-order valence-corrected chi connectivity index (χ2v) is 3.74. The highest BCUT2D eigenvalue weighted by molar-refractivity contribution is 5.88. The van der Waals surface area contributed by atoms with E-state index >= 15 is 0 Å². The summed E-state index contributed by atoms with van der Waals surface area (Å²) in [5, 5.41) is 11.2. The molecule has 0 aromatic rings. The predicted octanol–water partition coefficient (Wildman–Crippen LogP) is -1.74. The van der Waals surface area contributed by atoms with Crippen LogP contribution in [-0.2, 0) is 19.1 Å². The van der Waals surface area contributed by atoms with Gasteiger partial charge in [-0.3, -0.25) is 9.59 Å². The first-order chi connectivity index (χ1) is 8.08. The van der Waals surface area contributed by atoms with Crippen molar-refractivity contribution >= 4 is 17.8 Å². The van der Waals surface area contributed by atoms with Gasteiger partial charge in [-0.2, -0.15) is 0 Å². The lowest BCUT2D eigenvalue weighted by molar-refractivity contribution is -0.146. The summed E-state index contributed by atoms with van der Waals surface area (Å²) in [7, 11) is 1.17. The van der Waals surface area contributed by atoms with Crippen LogP contribution in [0.1, 0.15) is 12.8 Å². The lowest BCUT2D eigenvalue weighted by Gasteiger charge is -2.18. The molecule has 7 nitrogen and oxygen atoms in total. The van der Waals surface area contributed by atoms with Crippen LogP contribution >= 0.6 is 0 Å². The SMILES string of the molecule is COC(=O)C(CO)NC(=O)CN1CCCC1=O. The van der Waals surface area contributed by atoms with Crippen molar-refractivity contribution in [3.8, 4) is 0 Å². The van der Waals surface area contributed by atoms with E-state index < -0.39 is 24.5 Å². The first-order valence-electron chi connectivity index (χ1n) is 5.34. The van der Waals surface area contributed by atoms with Crippen LogP contribution in [0.2, 0.25) is 0 Å². The number of esters is 1. The van der Waals surface area contributed by atoms with Crippen LogP contribution in [0, 0.1) is 0 Å². The van der Waals surface area contributed by atoms with E-state index in [9.17, 15) is 14.4 Å². The Bertz CT molecular complexity index is 318. The van der Waals surface area contributed by atoms with Crippen molar-refractivity contribution in [3.63, 3.8) is 0 Å². The van der Waals surface area contributed by atoms with Gasteiger partial charge in [0.25, 0.3) is 0 Å². The first-order valence-corrected chi connectivity index (χ1v) is 5.34. The quantitative estimate of drug-likeness (QED) is 0.560. The van der Waals surface area contributed by atoms with E-state index in [-0.39, 0.29) is 12.5 Å². The largest absolute Gasteiger partial charge is 0.467 e. The third-order valence-corrected chi connectivity index (χ3v) is 2.51. The van der Waals surface area contributed by atoms with Crippen LogP contribution in [-0.4, -0.2) is 60.6 Å². The van der Waals surface area contributed by atoms with E-state index in [1.807, 2.05) is 0 Å². The molecule has 1 unspecified atom stereocenters. The summed E-state index contributed by atoms with van der Waals surface area (Å²) in [5.41, 5.74) is 0. The number of aliphatic hydroxyl groups is 1. The fourth-order valence-corrected chi connectivity index (χ4v) is 1.61. The van der Waals surface area contributed by atoms with Crippen molar-refractivity contribution < 1.29 is 24.2 Å². The Hall–Kier alpha value is -1.63. The second-order valence-electron chi connectivity index (χ2n) is 3.74. The van der Waals surface area contributed by atoms with Gasteiger partial charge in [0.05, 0.1) is 20.3 Å². The maximum atomic E-state index is 11.5. The molecule has 0 bridgehead atoms. The molecule has 0 spiro atoms. The number of hydrogen-bond donors (Lipinski definition) is 2. The molecule has 1 atom stereocenters. The van der Waals surface area contributed by atoms with Crippen LogP contribution in [0.25, 0.3) is 0 Å². The Labute approximate surface area is 98.7 Å². The van der Waals surface area contributed by atoms with Crippen LogP contribution in [0.4, 0.5) is 0 Å². The third kappa shape index (κ3) is 3.70. The van der Waals surface area contributed by atoms with E-state index in [0.29, 0.717) is 13.0 Å². The summed E-state index contributed by atoms with van der Waals surface area (Å²) in [6.07, 6.45) is 1.19. The lowest BCUT2D eigenvalue weighted by atomic mass is 10.3. The van der Waals surface area contributed by atoms with Crippen LogP contribution in [0.5, 0.6) is 0 Å². The number of aliphatic hydroxyl groups excluding tert-OH is 1. The molecule has 0 aromatic carbocycles. The fourth-order valence-electron chi connectivity index (χ4n) is 1.61. The number of carbonyl (C=O) groups excluding carboxylic acids is 3. The number of amides is 2. The van der Waals surface area contributed by atoms with E-state index in [1.54, 1.807) is 0 Å². The number of methoxy groups -OCH3 is 1. The minimum absolute atomic E-state index is 0.0706. The average Bonchev–Trinajstić information content (AvgIpc) is 2.71. The zero-order valence-electron chi connectivity index (χ0n) is 9.64. The Kier molecular flexibility index (Phi) is 4.89. The normalized spacial score (nSPS) is 16.8. The zero-order valence-corrected chi connectivity index (χ0v) is 9.64. The van der Waals surface area contributed by atoms with Crippen molar-refractivity contribution in [2.24, 2.45) is 0 Å². The molecule has 0 aromatic heterocycles. The average molecular weight is 244 g/mol. The summed E-state index contributed by atoms with van der Waals surface area (Å²) in [5.74, 6) is -1.27. The van der Waals surface area contributed by atoms with Crippen molar-refractivity contribution in [3.05, 3.63) is 0 Å². The first kappa shape index (κ1) is 13.4. The zero-order chi connectivity index (χ0) is 12.8. The van der Waals surface area contributed by atoms with Crippen molar-refractivity contribution in [2.75, 3.05) is 26.8 Å². The molecule has 0 aliphatic carbocycles. The molecule has 17 heavy (non-hydrogen) atoms. The Morgan fingerprint density at radius 1 is 1.59 bits per heavy atom. The number of nitrogens with one attached hydrogen (secondary N) is 1. The van der Waals surface area contributed by atoms with E-state index in [1.165, 1.54) is 12.0 Å². The van der Waals surface area contributed by atoms with Crippen LogP contribution in [0.3, 0.4) is 0 Å². The number of carbonyl (C=O) groups is 3. The van der Waals surface area contributed by atoms with Gasteiger partial charge in [0.2, 0.25) is 11.8 Å². The number of ether oxygens (including phenoxy) is 1. The summed E-state index contributed by atoms with van der Waals surface area (Å²) in [6.45, 7) is -0.0764. The van der Waals surface area contributed by atoms with Crippen molar-refractivity contribution in [1.82, 2.24) is 10.2 Å². The topological polar surface area (TPSA) is 95.9 Å². The van der Waals surface area contributed by atoms with Gasteiger partial charge in [0.15, 0.2) is 6.04 Å². The smallest absolute Gasteiger partial charge is 0.330 e. The predicted molar refractivity (Wildman–Crippen MR) is 56.8 cm³/mol. The number of hydrogen-bond acceptors (Lipinski definition) is 5. The molecule has 1 fully saturated rings. The molecule has 96 valence electrons. The molecule has 1 aliphatic rings. The molecule has 2 amide bonds. The van der Waals surface area contributed by atoms with Gasteiger partial charge in [-0.25, -0.2) is 4.79 Å². The molecule has 1 rings (SSSR count). The molecule has 1 aliphatic heterocycles. The summed E-state index contributed by atoms with van der Waals surface area (Å²) in [6, 6.07) is -1.08. The number of likely N-dealkylation sites (tertiary alicyclic amines) is 1. The monoisotopic (exact) mass is 244 g/mol. The highest BCUT2D eigenvalue weighted by Gasteiger charge is 2.25. The van der Waals surface area contributed by atoms with Crippen molar-refractivity contribution in [2.45, 2.75) is 18.9 Å². The van der Waals surface area contributed by atoms with Crippen LogP contribution < -0.4 is 5.32 Å². The number of rotatable bonds is 5. The van der Waals surface area contributed by atoms with Crippen LogP contribution in [0.15, 0.2) is 0 Å². The molecule has 1 saturated heterocycles. The minimum Gasteiger partial charge on any atom is -0.467 e. The van der Waals surface area contributed by atoms with E-state index in [4.69, 9.17) is 5.11 Å². The van der Waals surface area contributed by atoms with E-state index in [0.717, 1.165) is 6.42 Å². The van der Waals surface area contributed by atoms with Gasteiger partial charge >= 0.3 is 5.97 Å². The second kappa shape index (κ2) is 6.19. The molecular weight excluding hydrogens is 228 g/mol. The Morgan fingerprint density at radius 3 is 2.76 bits per heavy atom. The standard InChI is InChI=1S/C10H16N2O5/c1-17-10(16)7(6-13)11-8(14)5-12-4-2-3-9(12)15/h7,13H,2-6H2,1H3,(H,11,14). The molecular formula is C10H16N2O5. The molecule has 0 radical (unpaired) electrons. The fraction of sp³-hybridized carbons (Fsp3) is 0.700.